The van der Waals surface area contributed by atoms with E-state index in [2.05, 4.69) is 68.4 Å². The first-order valence-electron chi connectivity index (χ1n) is 23.6. The summed E-state index contributed by atoms with van der Waals surface area (Å²) in [6, 6.07) is 0. The fourth-order valence-corrected chi connectivity index (χ4v) is 14.0. The molecule has 3 nitrogen and oxygen atoms in total. The van der Waals surface area contributed by atoms with Crippen LogP contribution in [-0.4, -0.2) is 23.3 Å². The van der Waals surface area contributed by atoms with E-state index >= 15 is 0 Å². The molecule has 0 amide bonds. The highest BCUT2D eigenvalue weighted by molar-refractivity contribution is 5.69. The van der Waals surface area contributed by atoms with E-state index in [1.165, 1.54) is 128 Å². The van der Waals surface area contributed by atoms with E-state index in [-0.39, 0.29) is 45.3 Å². The normalized spacial score (nSPS) is 38.5. The van der Waals surface area contributed by atoms with Crippen LogP contribution in [0.15, 0.2) is 11.6 Å². The first-order chi connectivity index (χ1) is 25.1. The number of hydrogen-bond donors (Lipinski definition) is 1. The number of ether oxygens (including phenoxy) is 1. The van der Waals surface area contributed by atoms with Gasteiger partial charge in [-0.3, -0.25) is 4.79 Å². The van der Waals surface area contributed by atoms with Gasteiger partial charge in [0, 0.05) is 17.3 Å². The molecule has 0 radical (unpaired) electrons. The molecule has 53 heavy (non-hydrogen) atoms. The van der Waals surface area contributed by atoms with Gasteiger partial charge in [-0.1, -0.05) is 177 Å². The number of esters is 1. The molecule has 0 aliphatic heterocycles. The molecule has 1 N–H and O–H groups in total. The average molecular weight is 737 g/mol. The molecule has 0 heterocycles. The number of aliphatic hydroxyl groups excluding tert-OH is 1. The van der Waals surface area contributed by atoms with Gasteiger partial charge in [-0.15, -0.1) is 0 Å². The molecule has 0 aromatic rings. The minimum atomic E-state index is -0.224. The fourth-order valence-electron chi connectivity index (χ4n) is 14.0. The van der Waals surface area contributed by atoms with E-state index in [1.807, 2.05) is 0 Å². The predicted molar refractivity (Wildman–Crippen MR) is 225 cm³/mol. The highest BCUT2D eigenvalue weighted by Gasteiger charge is 2.69. The zero-order chi connectivity index (χ0) is 38.5. The first-order valence-corrected chi connectivity index (χ1v) is 23.6. The molecule has 3 heteroatoms. The van der Waals surface area contributed by atoms with Gasteiger partial charge in [0.15, 0.2) is 0 Å². The average Bonchev–Trinajstić information content (AvgIpc) is 3.09. The lowest BCUT2D eigenvalue weighted by Gasteiger charge is -2.72. The molecule has 0 unspecified atom stereocenters. The van der Waals surface area contributed by atoms with E-state index < -0.39 is 0 Å². The molecule has 5 aliphatic rings. The van der Waals surface area contributed by atoms with Crippen LogP contribution in [0, 0.1) is 50.2 Å². The van der Waals surface area contributed by atoms with Crippen LogP contribution >= 0.6 is 0 Å². The van der Waals surface area contributed by atoms with Crippen molar-refractivity contribution in [1.82, 2.24) is 0 Å². The Morgan fingerprint density at radius 3 is 1.77 bits per heavy atom. The largest absolute Gasteiger partial charge is 0.462 e. The van der Waals surface area contributed by atoms with Crippen molar-refractivity contribution in [3.8, 4) is 0 Å². The van der Waals surface area contributed by atoms with E-state index in [9.17, 15) is 9.90 Å². The van der Waals surface area contributed by atoms with Gasteiger partial charge in [0.2, 0.25) is 0 Å². The van der Waals surface area contributed by atoms with E-state index in [0.717, 1.165) is 38.5 Å². The Labute approximate surface area is 329 Å². The Morgan fingerprint density at radius 1 is 0.660 bits per heavy atom. The Morgan fingerprint density at radius 2 is 1.21 bits per heavy atom. The summed E-state index contributed by atoms with van der Waals surface area (Å²) in [6.07, 6.45) is 36.4. The lowest BCUT2D eigenvalue weighted by atomic mass is 9.33. The molecule has 306 valence electrons. The maximum Gasteiger partial charge on any atom is 0.306 e. The van der Waals surface area contributed by atoms with Crippen LogP contribution in [0.3, 0.4) is 0 Å². The number of aliphatic hydroxyl groups is 1. The quantitative estimate of drug-likeness (QED) is 0.0816. The molecule has 4 saturated carbocycles. The van der Waals surface area contributed by atoms with Gasteiger partial charge in [0.25, 0.3) is 0 Å². The van der Waals surface area contributed by atoms with Crippen molar-refractivity contribution in [2.75, 3.05) is 0 Å². The van der Waals surface area contributed by atoms with Crippen LogP contribution < -0.4 is 0 Å². The molecule has 0 spiro atoms. The molecule has 5 aliphatic carbocycles. The van der Waals surface area contributed by atoms with Crippen molar-refractivity contribution in [3.05, 3.63) is 11.6 Å². The lowest BCUT2D eigenvalue weighted by Crippen LogP contribution is -2.66. The number of carbonyl (C=O) groups is 1. The van der Waals surface area contributed by atoms with Crippen molar-refractivity contribution in [1.29, 1.82) is 0 Å². The summed E-state index contributed by atoms with van der Waals surface area (Å²) < 4.78 is 6.42. The topological polar surface area (TPSA) is 46.5 Å². The smallest absolute Gasteiger partial charge is 0.306 e. The molecule has 9 atom stereocenters. The third-order valence-electron chi connectivity index (χ3n) is 17.8. The summed E-state index contributed by atoms with van der Waals surface area (Å²) in [6.45, 7) is 22.3. The van der Waals surface area contributed by atoms with Crippen LogP contribution in [0.4, 0.5) is 0 Å². The minimum Gasteiger partial charge on any atom is -0.462 e. The Bertz CT molecular complexity index is 1210. The van der Waals surface area contributed by atoms with Crippen LogP contribution in [0.2, 0.25) is 0 Å². The second-order valence-electron chi connectivity index (χ2n) is 22.2. The van der Waals surface area contributed by atoms with Gasteiger partial charge in [-0.2, -0.15) is 0 Å². The number of allylic oxidation sites excluding steroid dienone is 2. The third-order valence-corrected chi connectivity index (χ3v) is 17.8. The molecule has 4 fully saturated rings. The molecule has 0 aromatic heterocycles. The highest BCUT2D eigenvalue weighted by Crippen LogP contribution is 2.75. The minimum absolute atomic E-state index is 0.0149. The third kappa shape index (κ3) is 9.01. The van der Waals surface area contributed by atoms with Crippen molar-refractivity contribution < 1.29 is 14.6 Å². The van der Waals surface area contributed by atoms with Crippen molar-refractivity contribution >= 4 is 5.97 Å². The SMILES string of the molecule is CCCCCCCCCCCCCCCCCCCC(=O)O[C@H]1CC[C@]2(C)[C@H]3CC=C4[C@@H]5CC(C)(C)CC[C@]5(C)[C@@H](O)C[C@@]4(C)[C@]3(C)CC[C@H]2C1(C)C. The molecular formula is C50H88O3. The van der Waals surface area contributed by atoms with E-state index in [0.29, 0.717) is 29.6 Å². The van der Waals surface area contributed by atoms with E-state index in [4.69, 9.17) is 4.74 Å². The summed E-state index contributed by atoms with van der Waals surface area (Å²) >= 11 is 0. The van der Waals surface area contributed by atoms with Crippen molar-refractivity contribution in [2.24, 2.45) is 50.2 Å². The second-order valence-corrected chi connectivity index (χ2v) is 22.2. The van der Waals surface area contributed by atoms with Crippen LogP contribution in [-0.2, 0) is 9.53 Å². The van der Waals surface area contributed by atoms with Crippen LogP contribution in [0.5, 0.6) is 0 Å². The van der Waals surface area contributed by atoms with Crippen molar-refractivity contribution in [2.45, 2.75) is 248 Å². The maximum atomic E-state index is 13.2. The standard InChI is InChI=1S/C50H88O3/c1-10-11-12-13-14-15-16-17-18-19-20-21-22-23-24-25-26-27-44(52)53-43-31-32-48(7)40(46(43,4)5)30-33-49(8)41(48)29-28-38-39-36-45(2,3)34-35-47(39,6)42(51)37-50(38,49)9/h28,39-43,51H,10-27,29-37H2,1-9H3/t39-,40-,41+,42-,43-,47-,48-,49+,50+/m0/s1. The number of rotatable bonds is 19. The van der Waals surface area contributed by atoms with Gasteiger partial charge >= 0.3 is 5.97 Å². The van der Waals surface area contributed by atoms with Gasteiger partial charge in [0.1, 0.15) is 6.10 Å². The zero-order valence-corrected chi connectivity index (χ0v) is 36.8. The number of carbonyl (C=O) groups excluding carboxylic acids is 1. The maximum absolute atomic E-state index is 13.2. The van der Waals surface area contributed by atoms with Gasteiger partial charge in [0.05, 0.1) is 6.10 Å². The Hall–Kier alpha value is -0.830. The molecule has 0 bridgehead atoms. The Kier molecular flexibility index (Phi) is 14.5. The molecular weight excluding hydrogens is 649 g/mol. The molecule has 0 saturated heterocycles. The summed E-state index contributed by atoms with van der Waals surface area (Å²) in [5.41, 5.74) is 2.48. The molecule has 5 rings (SSSR count). The monoisotopic (exact) mass is 737 g/mol. The van der Waals surface area contributed by atoms with Gasteiger partial charge in [-0.05, 0) is 104 Å². The highest BCUT2D eigenvalue weighted by atomic mass is 16.5. The lowest BCUT2D eigenvalue weighted by molar-refractivity contribution is -0.220. The van der Waals surface area contributed by atoms with Gasteiger partial charge < -0.3 is 9.84 Å². The number of unbranched alkanes of at least 4 members (excludes halogenated alkanes) is 16. The van der Waals surface area contributed by atoms with Gasteiger partial charge in [-0.25, -0.2) is 0 Å². The van der Waals surface area contributed by atoms with Crippen LogP contribution in [0.1, 0.15) is 236 Å². The Balaban J connectivity index is 1.04. The van der Waals surface area contributed by atoms with Crippen molar-refractivity contribution in [3.63, 3.8) is 0 Å². The molecule has 0 aromatic carbocycles. The number of hydrogen-bond acceptors (Lipinski definition) is 3. The van der Waals surface area contributed by atoms with Crippen LogP contribution in [0.25, 0.3) is 0 Å². The first kappa shape index (κ1) is 43.3. The summed E-state index contributed by atoms with van der Waals surface area (Å²) in [5.74, 6) is 1.68. The second kappa shape index (κ2) is 17.8. The summed E-state index contributed by atoms with van der Waals surface area (Å²) in [7, 11) is 0. The number of fused-ring (bicyclic) bond motifs is 7. The van der Waals surface area contributed by atoms with E-state index in [1.54, 1.807) is 5.57 Å². The fraction of sp³-hybridized carbons (Fsp3) is 0.940. The predicted octanol–water partition coefficient (Wildman–Crippen LogP) is 14.7. The zero-order valence-electron chi connectivity index (χ0n) is 36.8. The summed E-state index contributed by atoms with van der Waals surface area (Å²) in [5, 5.41) is 12.0. The summed E-state index contributed by atoms with van der Waals surface area (Å²) in [4.78, 5) is 13.2.